The van der Waals surface area contributed by atoms with Gasteiger partial charge in [0.25, 0.3) is 0 Å². The minimum atomic E-state index is -0.571. The quantitative estimate of drug-likeness (QED) is 0.880. The van der Waals surface area contributed by atoms with E-state index in [1.807, 2.05) is 31.2 Å². The van der Waals surface area contributed by atoms with Gasteiger partial charge in [-0.1, -0.05) is 18.2 Å². The van der Waals surface area contributed by atoms with E-state index in [4.69, 9.17) is 4.74 Å². The molecule has 2 nitrogen and oxygen atoms in total. The molecule has 106 valence electrons. The fraction of sp³-hybridized carbons (Fsp3) is 0.250. The minimum Gasteiger partial charge on any atom is -0.380 e. The average Bonchev–Trinajstić information content (AvgIpc) is 2.40. The Kier molecular flexibility index (Phi) is 4.69. The third-order valence-corrected chi connectivity index (χ3v) is 3.07. The molecule has 2 aromatic carbocycles. The van der Waals surface area contributed by atoms with Gasteiger partial charge in [0.2, 0.25) is 0 Å². The van der Waals surface area contributed by atoms with Gasteiger partial charge < -0.3 is 10.1 Å². The number of benzene rings is 2. The summed E-state index contributed by atoms with van der Waals surface area (Å²) in [5.74, 6) is -1.14. The van der Waals surface area contributed by atoms with E-state index in [0.29, 0.717) is 12.2 Å². The minimum absolute atomic E-state index is 0.210. The Labute approximate surface area is 117 Å². The van der Waals surface area contributed by atoms with E-state index >= 15 is 0 Å². The molecule has 0 amide bonds. The smallest absolute Gasteiger partial charge is 0.126 e. The first-order valence-electron chi connectivity index (χ1n) is 6.39. The summed E-state index contributed by atoms with van der Waals surface area (Å²) in [6.07, 6.45) is 0. The maximum Gasteiger partial charge on any atom is 0.126 e. The van der Waals surface area contributed by atoms with Crippen LogP contribution in [0.4, 0.5) is 14.5 Å². The van der Waals surface area contributed by atoms with Crippen molar-refractivity contribution in [1.29, 1.82) is 0 Å². The fourth-order valence-corrected chi connectivity index (χ4v) is 2.08. The summed E-state index contributed by atoms with van der Waals surface area (Å²) in [6.45, 7) is 2.34. The molecule has 1 N–H and O–H groups in total. The van der Waals surface area contributed by atoms with Crippen LogP contribution >= 0.6 is 0 Å². The second kappa shape index (κ2) is 6.48. The van der Waals surface area contributed by atoms with Crippen molar-refractivity contribution in [2.75, 3.05) is 12.4 Å². The predicted molar refractivity (Wildman–Crippen MR) is 75.6 cm³/mol. The largest absolute Gasteiger partial charge is 0.380 e. The zero-order valence-corrected chi connectivity index (χ0v) is 11.5. The van der Waals surface area contributed by atoms with Crippen molar-refractivity contribution in [2.24, 2.45) is 0 Å². The van der Waals surface area contributed by atoms with Crippen LogP contribution in [0.1, 0.15) is 24.1 Å². The number of nitrogens with one attached hydrogen (secondary N) is 1. The van der Waals surface area contributed by atoms with E-state index in [0.717, 1.165) is 17.3 Å². The summed E-state index contributed by atoms with van der Waals surface area (Å²) in [4.78, 5) is 0. The predicted octanol–water partition coefficient (Wildman–Crippen LogP) is 4.28. The van der Waals surface area contributed by atoms with Crippen LogP contribution in [0.5, 0.6) is 0 Å². The lowest BCUT2D eigenvalue weighted by Crippen LogP contribution is -2.09. The van der Waals surface area contributed by atoms with Gasteiger partial charge in [-0.25, -0.2) is 8.78 Å². The molecule has 0 bridgehead atoms. The van der Waals surface area contributed by atoms with E-state index in [-0.39, 0.29) is 6.04 Å². The van der Waals surface area contributed by atoms with Gasteiger partial charge in [0.05, 0.1) is 6.61 Å². The van der Waals surface area contributed by atoms with Gasteiger partial charge in [-0.05, 0) is 30.7 Å². The molecule has 2 rings (SSSR count). The highest BCUT2D eigenvalue weighted by molar-refractivity contribution is 5.52. The Morgan fingerprint density at radius 1 is 1.10 bits per heavy atom. The maximum absolute atomic E-state index is 13.2. The Balaban J connectivity index is 2.21. The molecule has 0 heterocycles. The first kappa shape index (κ1) is 14.5. The van der Waals surface area contributed by atoms with Crippen LogP contribution < -0.4 is 5.32 Å². The third kappa shape index (κ3) is 3.54. The summed E-state index contributed by atoms with van der Waals surface area (Å²) in [6, 6.07) is 11.0. The van der Waals surface area contributed by atoms with Crippen molar-refractivity contribution in [3.05, 3.63) is 65.2 Å². The highest BCUT2D eigenvalue weighted by Crippen LogP contribution is 2.24. The van der Waals surface area contributed by atoms with E-state index < -0.39 is 11.6 Å². The number of hydrogen-bond acceptors (Lipinski definition) is 2. The van der Waals surface area contributed by atoms with Crippen molar-refractivity contribution in [3.8, 4) is 0 Å². The molecule has 1 unspecified atom stereocenters. The van der Waals surface area contributed by atoms with Gasteiger partial charge in [-0.3, -0.25) is 0 Å². The number of halogens is 2. The molecule has 0 spiro atoms. The summed E-state index contributed by atoms with van der Waals surface area (Å²) in [5, 5.41) is 3.25. The van der Waals surface area contributed by atoms with Gasteiger partial charge in [0.15, 0.2) is 0 Å². The number of ether oxygens (including phenoxy) is 1. The van der Waals surface area contributed by atoms with E-state index in [1.165, 1.54) is 12.1 Å². The second-order valence-corrected chi connectivity index (χ2v) is 4.66. The van der Waals surface area contributed by atoms with E-state index in [1.54, 1.807) is 7.11 Å². The lowest BCUT2D eigenvalue weighted by molar-refractivity contribution is 0.185. The molecule has 2 aromatic rings. The molecule has 0 aliphatic heterocycles. The molecule has 1 atom stereocenters. The zero-order valence-electron chi connectivity index (χ0n) is 11.5. The molecule has 0 fully saturated rings. The summed E-state index contributed by atoms with van der Waals surface area (Å²) < 4.78 is 31.6. The van der Waals surface area contributed by atoms with Crippen LogP contribution in [-0.2, 0) is 11.3 Å². The van der Waals surface area contributed by atoms with Gasteiger partial charge in [0.1, 0.15) is 11.6 Å². The molecular formula is C16H17F2NO. The lowest BCUT2D eigenvalue weighted by atomic mass is 10.1. The molecule has 0 saturated heterocycles. The number of rotatable bonds is 5. The van der Waals surface area contributed by atoms with Crippen LogP contribution in [0.2, 0.25) is 0 Å². The van der Waals surface area contributed by atoms with Gasteiger partial charge >= 0.3 is 0 Å². The fourth-order valence-electron chi connectivity index (χ4n) is 2.08. The molecule has 0 aliphatic rings. The standard InChI is InChI=1S/C16H17F2NO/c1-11(13-7-14(17)9-15(18)8-13)19-16-6-4-3-5-12(16)10-20-2/h3-9,11,19H,10H2,1-2H3. The molecule has 0 aromatic heterocycles. The number of hydrogen-bond donors (Lipinski definition) is 1. The molecule has 0 radical (unpaired) electrons. The monoisotopic (exact) mass is 277 g/mol. The van der Waals surface area contributed by atoms with Crippen LogP contribution in [0, 0.1) is 11.6 Å². The SMILES string of the molecule is COCc1ccccc1NC(C)c1cc(F)cc(F)c1. The zero-order chi connectivity index (χ0) is 14.5. The lowest BCUT2D eigenvalue weighted by Gasteiger charge is -2.18. The Hall–Kier alpha value is -1.94. The van der Waals surface area contributed by atoms with Crippen LogP contribution in [-0.4, -0.2) is 7.11 Å². The number of methoxy groups -OCH3 is 1. The van der Waals surface area contributed by atoms with Crippen molar-refractivity contribution in [2.45, 2.75) is 19.6 Å². The number of anilines is 1. The number of para-hydroxylation sites is 1. The summed E-state index contributed by atoms with van der Waals surface area (Å²) in [7, 11) is 1.63. The third-order valence-electron chi connectivity index (χ3n) is 3.07. The average molecular weight is 277 g/mol. The molecule has 4 heteroatoms. The Bertz CT molecular complexity index is 566. The first-order valence-corrected chi connectivity index (χ1v) is 6.39. The Morgan fingerprint density at radius 3 is 2.40 bits per heavy atom. The van der Waals surface area contributed by atoms with E-state index in [9.17, 15) is 8.78 Å². The van der Waals surface area contributed by atoms with Gasteiger partial charge in [0, 0.05) is 30.5 Å². The highest BCUT2D eigenvalue weighted by atomic mass is 19.1. The molecule has 0 aliphatic carbocycles. The topological polar surface area (TPSA) is 21.3 Å². The maximum atomic E-state index is 13.2. The van der Waals surface area contributed by atoms with Crippen molar-refractivity contribution in [1.82, 2.24) is 0 Å². The van der Waals surface area contributed by atoms with Crippen molar-refractivity contribution < 1.29 is 13.5 Å². The summed E-state index contributed by atoms with van der Waals surface area (Å²) >= 11 is 0. The Morgan fingerprint density at radius 2 is 1.75 bits per heavy atom. The van der Waals surface area contributed by atoms with Crippen LogP contribution in [0.3, 0.4) is 0 Å². The van der Waals surface area contributed by atoms with Gasteiger partial charge in [-0.15, -0.1) is 0 Å². The van der Waals surface area contributed by atoms with Crippen molar-refractivity contribution in [3.63, 3.8) is 0 Å². The molecular weight excluding hydrogens is 260 g/mol. The van der Waals surface area contributed by atoms with E-state index in [2.05, 4.69) is 5.32 Å². The highest BCUT2D eigenvalue weighted by Gasteiger charge is 2.10. The second-order valence-electron chi connectivity index (χ2n) is 4.66. The first-order chi connectivity index (χ1) is 9.60. The normalized spacial score (nSPS) is 12.2. The van der Waals surface area contributed by atoms with Crippen molar-refractivity contribution >= 4 is 5.69 Å². The molecule has 20 heavy (non-hydrogen) atoms. The summed E-state index contributed by atoms with van der Waals surface area (Å²) in [5.41, 5.74) is 2.46. The van der Waals surface area contributed by atoms with Gasteiger partial charge in [-0.2, -0.15) is 0 Å². The van der Waals surface area contributed by atoms with Crippen LogP contribution in [0.15, 0.2) is 42.5 Å². The van der Waals surface area contributed by atoms with Crippen LogP contribution in [0.25, 0.3) is 0 Å². The molecule has 0 saturated carbocycles.